The third-order valence-electron chi connectivity index (χ3n) is 7.33. The summed E-state index contributed by atoms with van der Waals surface area (Å²) in [6, 6.07) is -1.83. The standard InChI is InChI=1S/C29H52N2O4S/c1-21(2)10-7-11-22(3)12-8-13-23(4)14-9-15-24(5)17-19-36-20-26(25(6)32)30-29(35)31-18-16-27(31)28(33)34/h17,21-23,26-27H,7-16,18-20H2,1-6H3,(H,30,35)(H,33,34)/b24-17+/t22?,23?,26-,27?/m0/s1. The van der Waals surface area contributed by atoms with E-state index in [1.54, 1.807) is 11.8 Å². The van der Waals surface area contributed by atoms with Gasteiger partial charge in [-0.2, -0.15) is 11.8 Å². The fourth-order valence-electron chi connectivity index (χ4n) is 4.58. The van der Waals surface area contributed by atoms with Gasteiger partial charge in [0.15, 0.2) is 5.78 Å². The van der Waals surface area contributed by atoms with Gasteiger partial charge in [-0.1, -0.05) is 84.3 Å². The van der Waals surface area contributed by atoms with E-state index in [0.29, 0.717) is 18.7 Å². The van der Waals surface area contributed by atoms with Crippen LogP contribution in [0.5, 0.6) is 0 Å². The number of amides is 2. The zero-order valence-electron chi connectivity index (χ0n) is 23.7. The Balaban J connectivity index is 2.19. The summed E-state index contributed by atoms with van der Waals surface area (Å²) in [7, 11) is 0. The maximum absolute atomic E-state index is 12.3. The summed E-state index contributed by atoms with van der Waals surface area (Å²) in [5, 5.41) is 11.8. The van der Waals surface area contributed by atoms with Crippen LogP contribution in [0.3, 0.4) is 0 Å². The van der Waals surface area contributed by atoms with Gasteiger partial charge in [0, 0.05) is 18.1 Å². The van der Waals surface area contributed by atoms with Crippen molar-refractivity contribution < 1.29 is 19.5 Å². The maximum Gasteiger partial charge on any atom is 0.326 e. The first-order valence-electron chi connectivity index (χ1n) is 14.0. The molecule has 6 nitrogen and oxygen atoms in total. The zero-order chi connectivity index (χ0) is 27.1. The molecule has 1 rings (SSSR count). The minimum absolute atomic E-state index is 0.108. The van der Waals surface area contributed by atoms with E-state index in [1.807, 2.05) is 0 Å². The van der Waals surface area contributed by atoms with Crippen molar-refractivity contribution in [3.63, 3.8) is 0 Å². The molecule has 0 aromatic heterocycles. The summed E-state index contributed by atoms with van der Waals surface area (Å²) in [6.45, 7) is 13.5. The Kier molecular flexibility index (Phi) is 16.1. The summed E-state index contributed by atoms with van der Waals surface area (Å²) in [5.74, 6) is 2.64. The van der Waals surface area contributed by atoms with Crippen molar-refractivity contribution in [2.75, 3.05) is 18.1 Å². The summed E-state index contributed by atoms with van der Waals surface area (Å²) >= 11 is 1.62. The van der Waals surface area contributed by atoms with Crippen LogP contribution in [0.2, 0.25) is 0 Å². The van der Waals surface area contributed by atoms with Crippen molar-refractivity contribution in [2.45, 2.75) is 118 Å². The molecule has 0 aliphatic carbocycles. The molecule has 1 saturated heterocycles. The lowest BCUT2D eigenvalue weighted by atomic mass is 9.91. The number of allylic oxidation sites excluding steroid dienone is 1. The number of rotatable bonds is 19. The quantitative estimate of drug-likeness (QED) is 0.141. The molecule has 0 aromatic rings. The number of carboxylic acid groups (broad SMARTS) is 1. The Morgan fingerprint density at radius 3 is 2.06 bits per heavy atom. The normalized spacial score (nSPS) is 18.5. The molecule has 36 heavy (non-hydrogen) atoms. The predicted octanol–water partition coefficient (Wildman–Crippen LogP) is 6.93. The van der Waals surface area contributed by atoms with Crippen molar-refractivity contribution in [3.8, 4) is 0 Å². The molecule has 4 atom stereocenters. The molecule has 2 amide bonds. The van der Waals surface area contributed by atoms with Gasteiger partial charge in [0.1, 0.15) is 6.04 Å². The molecule has 0 radical (unpaired) electrons. The Bertz CT molecular complexity index is 709. The number of carbonyl (C=O) groups is 3. The molecule has 1 fully saturated rings. The fourth-order valence-corrected chi connectivity index (χ4v) is 5.67. The SMILES string of the molecule is CC(=O)[C@H](CSC/C=C(\C)CCCC(C)CCCC(C)CCCC(C)C)NC(=O)N1CCC1C(=O)O. The van der Waals surface area contributed by atoms with Crippen LogP contribution in [-0.2, 0) is 9.59 Å². The van der Waals surface area contributed by atoms with Crippen molar-refractivity contribution >= 4 is 29.5 Å². The second-order valence-corrected chi connectivity index (χ2v) is 12.5. The first kappa shape index (κ1) is 32.5. The first-order valence-corrected chi connectivity index (χ1v) is 15.2. The lowest BCUT2D eigenvalue weighted by Gasteiger charge is -2.38. The largest absolute Gasteiger partial charge is 0.480 e. The monoisotopic (exact) mass is 524 g/mol. The molecule has 2 N–H and O–H groups in total. The highest BCUT2D eigenvalue weighted by Gasteiger charge is 2.38. The minimum Gasteiger partial charge on any atom is -0.480 e. The number of ketones is 1. The third-order valence-corrected chi connectivity index (χ3v) is 8.30. The van der Waals surface area contributed by atoms with E-state index in [9.17, 15) is 14.4 Å². The van der Waals surface area contributed by atoms with Gasteiger partial charge in [0.05, 0.1) is 6.04 Å². The molecule has 0 saturated carbocycles. The lowest BCUT2D eigenvalue weighted by molar-refractivity contribution is -0.145. The van der Waals surface area contributed by atoms with Crippen molar-refractivity contribution in [1.82, 2.24) is 10.2 Å². The molecule has 7 heteroatoms. The Hall–Kier alpha value is -1.50. The second kappa shape index (κ2) is 17.9. The summed E-state index contributed by atoms with van der Waals surface area (Å²) in [5.41, 5.74) is 1.38. The molecule has 208 valence electrons. The summed E-state index contributed by atoms with van der Waals surface area (Å²) in [4.78, 5) is 36.7. The Morgan fingerprint density at radius 2 is 1.56 bits per heavy atom. The average molecular weight is 525 g/mol. The van der Waals surface area contributed by atoms with Crippen molar-refractivity contribution in [1.29, 1.82) is 0 Å². The number of nitrogens with one attached hydrogen (secondary N) is 1. The number of Topliss-reactive ketones (excluding diaryl/α,β-unsaturated/α-hetero) is 1. The fraction of sp³-hybridized carbons (Fsp3) is 0.828. The van der Waals surface area contributed by atoms with Crippen LogP contribution in [-0.4, -0.2) is 57.9 Å². The molecule has 0 bridgehead atoms. The van der Waals surface area contributed by atoms with Crippen LogP contribution in [0.25, 0.3) is 0 Å². The summed E-state index contributed by atoms with van der Waals surface area (Å²) in [6.07, 6.45) is 14.4. The predicted molar refractivity (Wildman–Crippen MR) is 152 cm³/mol. The van der Waals surface area contributed by atoms with Crippen LogP contribution < -0.4 is 5.32 Å². The molecule has 1 heterocycles. The molecule has 0 aromatic carbocycles. The van der Waals surface area contributed by atoms with E-state index < -0.39 is 24.1 Å². The molecular weight excluding hydrogens is 472 g/mol. The smallest absolute Gasteiger partial charge is 0.326 e. The third kappa shape index (κ3) is 13.7. The van der Waals surface area contributed by atoms with Crippen molar-refractivity contribution in [3.05, 3.63) is 11.6 Å². The van der Waals surface area contributed by atoms with Gasteiger partial charge in [-0.25, -0.2) is 9.59 Å². The topological polar surface area (TPSA) is 86.7 Å². The van der Waals surface area contributed by atoms with Gasteiger partial charge in [-0.15, -0.1) is 0 Å². The van der Waals surface area contributed by atoms with Crippen LogP contribution in [0.1, 0.15) is 106 Å². The van der Waals surface area contributed by atoms with Crippen LogP contribution in [0.15, 0.2) is 11.6 Å². The zero-order valence-corrected chi connectivity index (χ0v) is 24.5. The van der Waals surface area contributed by atoms with E-state index in [4.69, 9.17) is 5.11 Å². The lowest BCUT2D eigenvalue weighted by Crippen LogP contribution is -2.60. The number of thioether (sulfide) groups is 1. The van der Waals surface area contributed by atoms with Gasteiger partial charge in [-0.3, -0.25) is 4.79 Å². The summed E-state index contributed by atoms with van der Waals surface area (Å²) < 4.78 is 0. The van der Waals surface area contributed by atoms with Gasteiger partial charge in [-0.05, 0) is 50.9 Å². The molecule has 1 aliphatic heterocycles. The second-order valence-electron chi connectivity index (χ2n) is 11.4. The number of hydrogen-bond acceptors (Lipinski definition) is 4. The van der Waals surface area contributed by atoms with E-state index in [1.165, 1.54) is 68.8 Å². The van der Waals surface area contributed by atoms with E-state index in [-0.39, 0.29) is 5.78 Å². The first-order chi connectivity index (χ1) is 17.0. The van der Waals surface area contributed by atoms with Crippen LogP contribution in [0, 0.1) is 17.8 Å². The van der Waals surface area contributed by atoms with E-state index in [2.05, 4.69) is 46.0 Å². The molecule has 1 aliphatic rings. The van der Waals surface area contributed by atoms with Gasteiger partial charge in [0.25, 0.3) is 0 Å². The minimum atomic E-state index is -0.998. The van der Waals surface area contributed by atoms with Crippen LogP contribution >= 0.6 is 11.8 Å². The average Bonchev–Trinajstić information content (AvgIpc) is 2.74. The molecule has 0 spiro atoms. The molecule has 3 unspecified atom stereocenters. The number of likely N-dealkylation sites (tertiary alicyclic amines) is 1. The highest BCUT2D eigenvalue weighted by Crippen LogP contribution is 2.22. The van der Waals surface area contributed by atoms with Gasteiger partial charge < -0.3 is 15.3 Å². The Labute approximate surface area is 224 Å². The maximum atomic E-state index is 12.3. The number of aliphatic carboxylic acids is 1. The van der Waals surface area contributed by atoms with Gasteiger partial charge >= 0.3 is 12.0 Å². The molecular formula is C29H52N2O4S. The highest BCUT2D eigenvalue weighted by atomic mass is 32.2. The Morgan fingerprint density at radius 1 is 0.972 bits per heavy atom. The number of carboxylic acids is 1. The number of carbonyl (C=O) groups excluding carboxylic acids is 2. The van der Waals surface area contributed by atoms with Crippen LogP contribution in [0.4, 0.5) is 4.79 Å². The van der Waals surface area contributed by atoms with Crippen molar-refractivity contribution in [2.24, 2.45) is 17.8 Å². The number of nitrogens with zero attached hydrogens (tertiary/aromatic N) is 1. The van der Waals surface area contributed by atoms with Gasteiger partial charge in [0.2, 0.25) is 0 Å². The number of urea groups is 1. The van der Waals surface area contributed by atoms with E-state index >= 15 is 0 Å². The number of hydrogen-bond donors (Lipinski definition) is 2. The van der Waals surface area contributed by atoms with E-state index in [0.717, 1.165) is 29.9 Å². The highest BCUT2D eigenvalue weighted by molar-refractivity contribution is 7.99.